The molecule has 146 valence electrons. The van der Waals surface area contributed by atoms with E-state index >= 15 is 0 Å². The van der Waals surface area contributed by atoms with Crippen molar-refractivity contribution in [1.29, 1.82) is 0 Å². The highest BCUT2D eigenvalue weighted by Gasteiger charge is 2.17. The zero-order valence-electron chi connectivity index (χ0n) is 16.3. The molecule has 0 spiro atoms. The number of carbonyl (C=O) groups is 2. The van der Waals surface area contributed by atoms with E-state index in [2.05, 4.69) is 10.3 Å². The van der Waals surface area contributed by atoms with Gasteiger partial charge in [-0.15, -0.1) is 11.3 Å². The van der Waals surface area contributed by atoms with Gasteiger partial charge in [0.25, 0.3) is 0 Å². The van der Waals surface area contributed by atoms with Crippen molar-refractivity contribution < 1.29 is 9.59 Å². The van der Waals surface area contributed by atoms with Gasteiger partial charge in [-0.05, 0) is 37.1 Å². The van der Waals surface area contributed by atoms with Crippen molar-refractivity contribution in [1.82, 2.24) is 9.88 Å². The summed E-state index contributed by atoms with van der Waals surface area (Å²) in [5.41, 5.74) is 2.75. The summed E-state index contributed by atoms with van der Waals surface area (Å²) in [6.07, 6.45) is 1.76. The number of fused-ring (bicyclic) bond motifs is 1. The molecule has 3 rings (SSSR count). The Morgan fingerprint density at radius 3 is 2.61 bits per heavy atom. The molecule has 0 saturated heterocycles. The van der Waals surface area contributed by atoms with Gasteiger partial charge in [-0.25, -0.2) is 4.98 Å². The van der Waals surface area contributed by atoms with Crippen molar-refractivity contribution in [2.24, 2.45) is 0 Å². The molecule has 2 aromatic carbocycles. The van der Waals surface area contributed by atoms with Crippen LogP contribution in [0.5, 0.6) is 0 Å². The van der Waals surface area contributed by atoms with Gasteiger partial charge in [0.1, 0.15) is 0 Å². The van der Waals surface area contributed by atoms with Gasteiger partial charge in [0.15, 0.2) is 0 Å². The van der Waals surface area contributed by atoms with Crippen molar-refractivity contribution >= 4 is 39.1 Å². The number of para-hydroxylation sites is 2. The summed E-state index contributed by atoms with van der Waals surface area (Å²) in [5.74, 6) is -0.183. The predicted molar refractivity (Wildman–Crippen MR) is 115 cm³/mol. The molecular formula is C22H25N3O2S. The average molecular weight is 396 g/mol. The number of aryl methyl sites for hydroxylation is 2. The Labute approximate surface area is 169 Å². The molecule has 1 aromatic heterocycles. The number of benzene rings is 2. The van der Waals surface area contributed by atoms with Crippen LogP contribution in [-0.2, 0) is 16.0 Å². The van der Waals surface area contributed by atoms with E-state index in [9.17, 15) is 9.59 Å². The van der Waals surface area contributed by atoms with Crippen LogP contribution >= 0.6 is 11.3 Å². The van der Waals surface area contributed by atoms with E-state index in [1.165, 1.54) is 0 Å². The molecule has 1 N–H and O–H groups in total. The van der Waals surface area contributed by atoms with E-state index in [4.69, 9.17) is 0 Å². The van der Waals surface area contributed by atoms with E-state index in [1.54, 1.807) is 16.2 Å². The first kappa shape index (κ1) is 20.0. The number of carbonyl (C=O) groups excluding carboxylic acids is 2. The maximum absolute atomic E-state index is 12.7. The largest absolute Gasteiger partial charge is 0.333 e. The number of thiazole rings is 1. The molecule has 3 aromatic rings. The molecular weight excluding hydrogens is 370 g/mol. The number of amides is 2. The Morgan fingerprint density at radius 1 is 1.11 bits per heavy atom. The van der Waals surface area contributed by atoms with Gasteiger partial charge in [0.05, 0.1) is 21.8 Å². The number of rotatable bonds is 8. The Balaban J connectivity index is 1.58. The van der Waals surface area contributed by atoms with Crippen molar-refractivity contribution in [3.63, 3.8) is 0 Å². The molecule has 0 aliphatic carbocycles. The van der Waals surface area contributed by atoms with Crippen LogP contribution in [0.2, 0.25) is 0 Å². The first-order valence-electron chi connectivity index (χ1n) is 9.54. The first-order chi connectivity index (χ1) is 13.6. The maximum Gasteiger partial charge on any atom is 0.244 e. The number of anilines is 1. The lowest BCUT2D eigenvalue weighted by Crippen LogP contribution is -2.38. The fraction of sp³-hybridized carbons (Fsp3) is 0.318. The predicted octanol–water partition coefficient (Wildman–Crippen LogP) is 4.41. The maximum atomic E-state index is 12.7. The van der Waals surface area contributed by atoms with Gasteiger partial charge in [0.2, 0.25) is 11.8 Å². The second-order valence-corrected chi connectivity index (χ2v) is 7.87. The van der Waals surface area contributed by atoms with Crippen LogP contribution in [0.1, 0.15) is 30.3 Å². The molecule has 5 nitrogen and oxygen atoms in total. The van der Waals surface area contributed by atoms with Crippen LogP contribution in [0, 0.1) is 6.92 Å². The molecule has 0 aliphatic heterocycles. The summed E-state index contributed by atoms with van der Waals surface area (Å²) in [4.78, 5) is 31.4. The molecule has 0 unspecified atom stereocenters. The third-order valence-corrected chi connectivity index (χ3v) is 5.59. The van der Waals surface area contributed by atoms with Crippen molar-refractivity contribution in [3.8, 4) is 0 Å². The lowest BCUT2D eigenvalue weighted by molar-refractivity contribution is -0.134. The lowest BCUT2D eigenvalue weighted by Gasteiger charge is -2.21. The Morgan fingerprint density at radius 2 is 1.86 bits per heavy atom. The van der Waals surface area contributed by atoms with E-state index in [-0.39, 0.29) is 18.4 Å². The molecule has 0 radical (unpaired) electrons. The fourth-order valence-electron chi connectivity index (χ4n) is 3.04. The SMILES string of the molecule is CCCN(CC(=O)Nc1ccccc1C)C(=O)CCc1nc2ccccc2s1. The normalized spacial score (nSPS) is 10.8. The van der Waals surface area contributed by atoms with Gasteiger partial charge < -0.3 is 10.2 Å². The lowest BCUT2D eigenvalue weighted by atomic mass is 10.2. The average Bonchev–Trinajstić information content (AvgIpc) is 3.10. The minimum atomic E-state index is -0.170. The number of nitrogens with one attached hydrogen (secondary N) is 1. The molecule has 1 heterocycles. The fourth-order valence-corrected chi connectivity index (χ4v) is 4.00. The molecule has 0 saturated carbocycles. The summed E-state index contributed by atoms with van der Waals surface area (Å²) in [6, 6.07) is 15.6. The Kier molecular flexibility index (Phi) is 6.76. The third kappa shape index (κ3) is 5.16. The molecule has 6 heteroatoms. The van der Waals surface area contributed by atoms with Crippen molar-refractivity contribution in [2.75, 3.05) is 18.4 Å². The van der Waals surface area contributed by atoms with Gasteiger partial charge in [0, 0.05) is 25.1 Å². The monoisotopic (exact) mass is 395 g/mol. The van der Waals surface area contributed by atoms with Gasteiger partial charge in [-0.2, -0.15) is 0 Å². The highest BCUT2D eigenvalue weighted by molar-refractivity contribution is 7.18. The van der Waals surface area contributed by atoms with Crippen LogP contribution in [0.3, 0.4) is 0 Å². The Bertz CT molecular complexity index is 934. The quantitative estimate of drug-likeness (QED) is 0.614. The summed E-state index contributed by atoms with van der Waals surface area (Å²) in [6.45, 7) is 4.59. The summed E-state index contributed by atoms with van der Waals surface area (Å²) < 4.78 is 1.13. The van der Waals surface area contributed by atoms with E-state index in [0.717, 1.165) is 32.9 Å². The van der Waals surface area contributed by atoms with Gasteiger partial charge >= 0.3 is 0 Å². The van der Waals surface area contributed by atoms with Gasteiger partial charge in [-0.3, -0.25) is 9.59 Å². The van der Waals surface area contributed by atoms with Crippen molar-refractivity contribution in [2.45, 2.75) is 33.1 Å². The van der Waals surface area contributed by atoms with E-state index < -0.39 is 0 Å². The molecule has 28 heavy (non-hydrogen) atoms. The molecule has 2 amide bonds. The zero-order valence-corrected chi connectivity index (χ0v) is 17.1. The van der Waals surface area contributed by atoms with Crippen molar-refractivity contribution in [3.05, 3.63) is 59.1 Å². The number of nitrogens with zero attached hydrogens (tertiary/aromatic N) is 2. The second kappa shape index (κ2) is 9.46. The van der Waals surface area contributed by atoms with E-state index in [0.29, 0.717) is 19.4 Å². The molecule has 0 bridgehead atoms. The highest BCUT2D eigenvalue weighted by atomic mass is 32.1. The van der Waals surface area contributed by atoms with Crippen LogP contribution in [0.25, 0.3) is 10.2 Å². The number of hydrogen-bond acceptors (Lipinski definition) is 4. The summed E-state index contributed by atoms with van der Waals surface area (Å²) in [7, 11) is 0. The number of aromatic nitrogens is 1. The first-order valence-corrected chi connectivity index (χ1v) is 10.4. The standard InChI is InChI=1S/C22H25N3O2S/c1-3-14-25(15-20(26)23-17-9-5-4-8-16(17)2)22(27)13-12-21-24-18-10-6-7-11-19(18)28-21/h4-11H,3,12-15H2,1-2H3,(H,23,26). The number of hydrogen-bond donors (Lipinski definition) is 1. The minimum absolute atomic E-state index is 0.0129. The van der Waals surface area contributed by atoms with Gasteiger partial charge in [-0.1, -0.05) is 37.3 Å². The second-order valence-electron chi connectivity index (χ2n) is 6.75. The highest BCUT2D eigenvalue weighted by Crippen LogP contribution is 2.22. The van der Waals surface area contributed by atoms with Crippen LogP contribution in [0.15, 0.2) is 48.5 Å². The smallest absolute Gasteiger partial charge is 0.244 e. The Hall–Kier alpha value is -2.73. The van der Waals surface area contributed by atoms with Crippen LogP contribution < -0.4 is 5.32 Å². The topological polar surface area (TPSA) is 62.3 Å². The molecule has 0 fully saturated rings. The van der Waals surface area contributed by atoms with E-state index in [1.807, 2.05) is 62.4 Å². The summed E-state index contributed by atoms with van der Waals surface area (Å²) >= 11 is 1.62. The molecule has 0 atom stereocenters. The molecule has 0 aliphatic rings. The van der Waals surface area contributed by atoms with Crippen LogP contribution in [0.4, 0.5) is 5.69 Å². The third-order valence-electron chi connectivity index (χ3n) is 4.49. The van der Waals surface area contributed by atoms with Crippen LogP contribution in [-0.4, -0.2) is 34.8 Å². The zero-order chi connectivity index (χ0) is 19.9. The summed E-state index contributed by atoms with van der Waals surface area (Å²) in [5, 5.41) is 3.86. The minimum Gasteiger partial charge on any atom is -0.333 e.